The van der Waals surface area contributed by atoms with E-state index < -0.39 is 17.2 Å². The number of aromatic nitrogens is 4. The number of hydrogen-bond acceptors (Lipinski definition) is 5. The van der Waals surface area contributed by atoms with Crippen molar-refractivity contribution in [3.8, 4) is 0 Å². The van der Waals surface area contributed by atoms with Crippen LogP contribution in [0, 0.1) is 0 Å². The Morgan fingerprint density at radius 3 is 2.55 bits per heavy atom. The molecule has 9 heteroatoms. The van der Waals surface area contributed by atoms with Crippen molar-refractivity contribution >= 4 is 23.1 Å². The molecule has 0 aliphatic heterocycles. The second kappa shape index (κ2) is 6.04. The van der Waals surface area contributed by atoms with Gasteiger partial charge in [-0.1, -0.05) is 0 Å². The Kier molecular flexibility index (Phi) is 4.34. The van der Waals surface area contributed by atoms with Gasteiger partial charge in [0.1, 0.15) is 0 Å². The van der Waals surface area contributed by atoms with Gasteiger partial charge in [-0.3, -0.25) is 18.7 Å². The van der Waals surface area contributed by atoms with E-state index in [0.29, 0.717) is 36.6 Å². The number of hydrogen-bond donors (Lipinski definition) is 2. The van der Waals surface area contributed by atoms with E-state index in [0.717, 1.165) is 4.57 Å². The number of imidazole rings is 1. The maximum Gasteiger partial charge on any atom is 0.332 e. The molecule has 0 atom stereocenters. The van der Waals surface area contributed by atoms with Gasteiger partial charge in [-0.05, 0) is 13.3 Å². The Morgan fingerprint density at radius 1 is 1.27 bits per heavy atom. The summed E-state index contributed by atoms with van der Waals surface area (Å²) in [4.78, 5) is 39.1. The first-order valence-electron chi connectivity index (χ1n) is 7.00. The number of nitrogens with one attached hydrogen (secondary N) is 1. The van der Waals surface area contributed by atoms with Crippen LogP contribution in [0.2, 0.25) is 0 Å². The van der Waals surface area contributed by atoms with Gasteiger partial charge < -0.3 is 15.0 Å². The predicted octanol–water partition coefficient (Wildman–Crippen LogP) is -0.270. The first kappa shape index (κ1) is 15.8. The summed E-state index contributed by atoms with van der Waals surface area (Å²) in [5.74, 6) is -0.425. The maximum atomic E-state index is 12.3. The number of nitrogens with zero attached hydrogens (tertiary/aromatic N) is 4. The summed E-state index contributed by atoms with van der Waals surface area (Å²) in [6, 6.07) is 0. The van der Waals surface area contributed by atoms with Crippen molar-refractivity contribution in [1.82, 2.24) is 18.7 Å². The molecule has 0 aliphatic rings. The highest BCUT2D eigenvalue weighted by Crippen LogP contribution is 2.13. The Morgan fingerprint density at radius 2 is 1.95 bits per heavy atom. The Balaban J connectivity index is 2.45. The lowest BCUT2D eigenvalue weighted by Crippen LogP contribution is -2.38. The second-order valence-electron chi connectivity index (χ2n) is 4.98. The first-order valence-corrected chi connectivity index (χ1v) is 7.00. The number of rotatable bonds is 6. The summed E-state index contributed by atoms with van der Waals surface area (Å²) in [6.07, 6.45) is 0.496. The summed E-state index contributed by atoms with van der Waals surface area (Å²) in [5.41, 5.74) is -0.141. The van der Waals surface area contributed by atoms with Crippen molar-refractivity contribution < 1.29 is 9.90 Å². The van der Waals surface area contributed by atoms with Crippen molar-refractivity contribution in [3.63, 3.8) is 0 Å². The highest BCUT2D eigenvalue weighted by molar-refractivity contribution is 5.74. The SMILES string of the molecule is CCn1c(=O)n(C)c(=O)c2c1nc(NCCCC(=O)O)n2C. The minimum absolute atomic E-state index is 0.0539. The van der Waals surface area contributed by atoms with Gasteiger partial charge in [-0.2, -0.15) is 4.98 Å². The van der Waals surface area contributed by atoms with Crippen LogP contribution in [-0.4, -0.2) is 36.3 Å². The summed E-state index contributed by atoms with van der Waals surface area (Å²) in [5, 5.41) is 11.6. The third-order valence-corrected chi connectivity index (χ3v) is 3.52. The minimum atomic E-state index is -0.861. The summed E-state index contributed by atoms with van der Waals surface area (Å²) in [6.45, 7) is 2.62. The Labute approximate surface area is 125 Å². The number of anilines is 1. The standard InChI is InChI=1S/C13H19N5O4/c1-4-18-10-9(11(21)17(3)13(18)22)16(2)12(15-10)14-7-5-6-8(19)20/h4-7H2,1-3H3,(H,14,15)(H,19,20). The third-order valence-electron chi connectivity index (χ3n) is 3.52. The van der Waals surface area contributed by atoms with Gasteiger partial charge in [0.2, 0.25) is 5.95 Å². The average molecular weight is 309 g/mol. The van der Waals surface area contributed by atoms with Crippen LogP contribution in [0.1, 0.15) is 19.8 Å². The number of aliphatic carboxylic acids is 1. The fourth-order valence-corrected chi connectivity index (χ4v) is 2.31. The van der Waals surface area contributed by atoms with E-state index in [1.165, 1.54) is 11.6 Å². The molecule has 0 fully saturated rings. The molecule has 2 aromatic rings. The molecule has 9 nitrogen and oxygen atoms in total. The summed E-state index contributed by atoms with van der Waals surface area (Å²) >= 11 is 0. The van der Waals surface area contributed by atoms with E-state index in [1.54, 1.807) is 18.5 Å². The fourth-order valence-electron chi connectivity index (χ4n) is 2.31. The molecule has 0 spiro atoms. The zero-order valence-corrected chi connectivity index (χ0v) is 12.8. The zero-order valence-electron chi connectivity index (χ0n) is 12.8. The van der Waals surface area contributed by atoms with Crippen LogP contribution in [0.4, 0.5) is 5.95 Å². The van der Waals surface area contributed by atoms with Crippen LogP contribution >= 0.6 is 0 Å². The highest BCUT2D eigenvalue weighted by atomic mass is 16.4. The molecule has 0 bridgehead atoms. The maximum absolute atomic E-state index is 12.3. The topological polar surface area (TPSA) is 111 Å². The molecule has 0 saturated carbocycles. The van der Waals surface area contributed by atoms with Crippen molar-refractivity contribution in [2.75, 3.05) is 11.9 Å². The van der Waals surface area contributed by atoms with Crippen molar-refractivity contribution in [2.24, 2.45) is 14.1 Å². The molecule has 120 valence electrons. The van der Waals surface area contributed by atoms with Gasteiger partial charge >= 0.3 is 11.7 Å². The van der Waals surface area contributed by atoms with Crippen LogP contribution in [-0.2, 0) is 25.4 Å². The lowest BCUT2D eigenvalue weighted by molar-refractivity contribution is -0.137. The van der Waals surface area contributed by atoms with Crippen molar-refractivity contribution in [3.05, 3.63) is 20.8 Å². The molecule has 2 N–H and O–H groups in total. The third kappa shape index (κ3) is 2.61. The Hall–Kier alpha value is -2.58. The number of aryl methyl sites for hydroxylation is 2. The number of fused-ring (bicyclic) bond motifs is 1. The van der Waals surface area contributed by atoms with Crippen LogP contribution < -0.4 is 16.6 Å². The first-order chi connectivity index (χ1) is 10.4. The van der Waals surface area contributed by atoms with Gasteiger partial charge in [0.05, 0.1) is 0 Å². The highest BCUT2D eigenvalue weighted by Gasteiger charge is 2.17. The van der Waals surface area contributed by atoms with Crippen LogP contribution in [0.25, 0.3) is 11.2 Å². The van der Waals surface area contributed by atoms with E-state index in [-0.39, 0.29) is 6.42 Å². The molecular weight excluding hydrogens is 290 g/mol. The lowest BCUT2D eigenvalue weighted by Gasteiger charge is -2.06. The minimum Gasteiger partial charge on any atom is -0.481 e. The molecule has 0 aliphatic carbocycles. The molecule has 0 unspecified atom stereocenters. The molecule has 22 heavy (non-hydrogen) atoms. The van der Waals surface area contributed by atoms with Crippen LogP contribution in [0.3, 0.4) is 0 Å². The Bertz CT molecular complexity index is 830. The van der Waals surface area contributed by atoms with E-state index >= 15 is 0 Å². The van der Waals surface area contributed by atoms with Crippen LogP contribution in [0.5, 0.6) is 0 Å². The monoisotopic (exact) mass is 309 g/mol. The zero-order chi connectivity index (χ0) is 16.4. The van der Waals surface area contributed by atoms with Crippen molar-refractivity contribution in [1.29, 1.82) is 0 Å². The molecule has 0 radical (unpaired) electrons. The van der Waals surface area contributed by atoms with Crippen LogP contribution in [0.15, 0.2) is 9.59 Å². The summed E-state index contributed by atoms with van der Waals surface area (Å²) in [7, 11) is 3.12. The second-order valence-corrected chi connectivity index (χ2v) is 4.98. The molecule has 0 saturated heterocycles. The largest absolute Gasteiger partial charge is 0.481 e. The van der Waals surface area contributed by atoms with E-state index in [9.17, 15) is 14.4 Å². The van der Waals surface area contributed by atoms with Gasteiger partial charge in [-0.25, -0.2) is 4.79 Å². The van der Waals surface area contributed by atoms with Gasteiger partial charge in [0, 0.05) is 33.6 Å². The normalized spacial score (nSPS) is 11.0. The van der Waals surface area contributed by atoms with Crippen molar-refractivity contribution in [2.45, 2.75) is 26.3 Å². The molecule has 2 rings (SSSR count). The quantitative estimate of drug-likeness (QED) is 0.711. The molecule has 2 aromatic heterocycles. The lowest BCUT2D eigenvalue weighted by atomic mass is 10.3. The van der Waals surface area contributed by atoms with E-state index in [4.69, 9.17) is 5.11 Å². The fraction of sp³-hybridized carbons (Fsp3) is 0.538. The van der Waals surface area contributed by atoms with E-state index in [1.807, 2.05) is 0 Å². The van der Waals surface area contributed by atoms with Gasteiger partial charge in [0.25, 0.3) is 5.56 Å². The molecule has 2 heterocycles. The number of carboxylic acid groups (broad SMARTS) is 1. The average Bonchev–Trinajstić information content (AvgIpc) is 2.79. The smallest absolute Gasteiger partial charge is 0.332 e. The molecular formula is C13H19N5O4. The van der Waals surface area contributed by atoms with E-state index in [2.05, 4.69) is 10.3 Å². The number of carboxylic acids is 1. The van der Waals surface area contributed by atoms with Gasteiger partial charge in [-0.15, -0.1) is 0 Å². The summed E-state index contributed by atoms with van der Waals surface area (Å²) < 4.78 is 4.07. The van der Waals surface area contributed by atoms with Gasteiger partial charge in [0.15, 0.2) is 11.2 Å². The number of carbonyl (C=O) groups is 1. The molecule has 0 aromatic carbocycles. The molecule has 0 amide bonds. The predicted molar refractivity (Wildman–Crippen MR) is 81.2 cm³/mol.